The van der Waals surface area contributed by atoms with Gasteiger partial charge >= 0.3 is 6.18 Å². The van der Waals surface area contributed by atoms with Gasteiger partial charge in [0.05, 0.1) is 27.4 Å². The highest BCUT2D eigenvalue weighted by atomic mass is 35.5. The minimum absolute atomic E-state index is 0.172. The first kappa shape index (κ1) is 30.3. The van der Waals surface area contributed by atoms with Crippen molar-refractivity contribution < 1.29 is 34.8 Å². The molecule has 0 unspecified atom stereocenters. The monoisotopic (exact) mass is 603 g/mol. The van der Waals surface area contributed by atoms with E-state index in [0.717, 1.165) is 46.0 Å². The molecule has 0 bridgehead atoms. The predicted molar refractivity (Wildman–Crippen MR) is 145 cm³/mol. The van der Waals surface area contributed by atoms with Crippen LogP contribution < -0.4 is 14.3 Å². The summed E-state index contributed by atoms with van der Waals surface area (Å²) < 4.78 is 92.9. The molecule has 14 heteroatoms. The molecular weight excluding hydrogens is 579 g/mol. The molecule has 0 saturated heterocycles. The van der Waals surface area contributed by atoms with E-state index in [0.29, 0.717) is 11.8 Å². The molecule has 0 saturated carbocycles. The molecule has 0 fully saturated rings. The van der Waals surface area contributed by atoms with Gasteiger partial charge in [-0.1, -0.05) is 17.7 Å². The maximum atomic E-state index is 13.1. The molecule has 0 aliphatic carbocycles. The van der Waals surface area contributed by atoms with E-state index in [2.05, 4.69) is 10.0 Å². The average molecular weight is 604 g/mol. The third-order valence-corrected chi connectivity index (χ3v) is 8.47. The first-order valence-electron chi connectivity index (χ1n) is 11.3. The quantitative estimate of drug-likeness (QED) is 0.350. The smallest absolute Gasteiger partial charge is 0.324 e. The SMILES string of the molecule is Cc1cc(C)cc(N([C@H](C)C(=O)Nc2ccc(S(=O)(=O)Nc3ccc(Cl)c(C(F)(F)F)c3)cc2)S(C)(=O)=O)c1. The van der Waals surface area contributed by atoms with Gasteiger partial charge < -0.3 is 5.32 Å². The van der Waals surface area contributed by atoms with Gasteiger partial charge in [0, 0.05) is 11.4 Å². The fraction of sp³-hybridized carbons (Fsp3) is 0.240. The van der Waals surface area contributed by atoms with Crippen molar-refractivity contribution >= 4 is 54.6 Å². The topological polar surface area (TPSA) is 113 Å². The lowest BCUT2D eigenvalue weighted by Crippen LogP contribution is -2.45. The van der Waals surface area contributed by atoms with E-state index in [1.54, 1.807) is 26.0 Å². The first-order valence-corrected chi connectivity index (χ1v) is 15.0. The van der Waals surface area contributed by atoms with Crippen LogP contribution in [0.4, 0.5) is 30.2 Å². The summed E-state index contributed by atoms with van der Waals surface area (Å²) in [5, 5.41) is 1.97. The van der Waals surface area contributed by atoms with Crippen LogP contribution in [0.15, 0.2) is 65.6 Å². The summed E-state index contributed by atoms with van der Waals surface area (Å²) >= 11 is 5.58. The van der Waals surface area contributed by atoms with Gasteiger partial charge in [-0.15, -0.1) is 0 Å². The van der Waals surface area contributed by atoms with Crippen molar-refractivity contribution in [2.75, 3.05) is 20.6 Å². The van der Waals surface area contributed by atoms with E-state index >= 15 is 0 Å². The fourth-order valence-corrected chi connectivity index (χ4v) is 6.30. The number of hydrogen-bond donors (Lipinski definition) is 2. The van der Waals surface area contributed by atoms with Crippen LogP contribution in [0.25, 0.3) is 0 Å². The molecule has 0 heterocycles. The molecule has 3 aromatic carbocycles. The van der Waals surface area contributed by atoms with E-state index < -0.39 is 48.8 Å². The predicted octanol–water partition coefficient (Wildman–Crippen LogP) is 5.57. The lowest BCUT2D eigenvalue weighted by atomic mass is 10.1. The number of hydrogen-bond acceptors (Lipinski definition) is 5. The summed E-state index contributed by atoms with van der Waals surface area (Å²) in [7, 11) is -8.14. The highest BCUT2D eigenvalue weighted by Gasteiger charge is 2.34. The number of halogens is 4. The first-order chi connectivity index (χ1) is 17.9. The van der Waals surface area contributed by atoms with E-state index in [1.807, 2.05) is 6.07 Å². The molecule has 39 heavy (non-hydrogen) atoms. The number of carbonyl (C=O) groups is 1. The van der Waals surface area contributed by atoms with E-state index in [9.17, 15) is 34.8 Å². The van der Waals surface area contributed by atoms with Crippen LogP contribution in [-0.2, 0) is 31.0 Å². The van der Waals surface area contributed by atoms with Gasteiger partial charge in [0.2, 0.25) is 15.9 Å². The average Bonchev–Trinajstić information content (AvgIpc) is 2.78. The molecule has 1 atom stereocenters. The molecule has 2 N–H and O–H groups in total. The number of aryl methyl sites for hydroxylation is 2. The van der Waals surface area contributed by atoms with E-state index in [-0.39, 0.29) is 16.3 Å². The normalized spacial score (nSPS) is 13.0. The number of rotatable bonds is 8. The fourth-order valence-electron chi connectivity index (χ4n) is 3.87. The summed E-state index contributed by atoms with van der Waals surface area (Å²) in [6, 6.07) is 11.4. The Morgan fingerprint density at radius 1 is 0.897 bits per heavy atom. The summed E-state index contributed by atoms with van der Waals surface area (Å²) in [6.07, 6.45) is -3.79. The van der Waals surface area contributed by atoms with Crippen LogP contribution in [0, 0.1) is 13.8 Å². The van der Waals surface area contributed by atoms with Crippen molar-refractivity contribution in [2.24, 2.45) is 0 Å². The Kier molecular flexibility index (Phi) is 8.58. The Balaban J connectivity index is 1.79. The minimum atomic E-state index is -4.78. The maximum Gasteiger partial charge on any atom is 0.417 e. The third-order valence-electron chi connectivity index (χ3n) is 5.51. The molecule has 0 aromatic heterocycles. The second-order valence-electron chi connectivity index (χ2n) is 8.89. The third kappa shape index (κ3) is 7.43. The zero-order chi connectivity index (χ0) is 29.3. The Hall–Kier alpha value is -3.29. The van der Waals surface area contributed by atoms with Crippen LogP contribution in [0.3, 0.4) is 0 Å². The Labute approximate surface area is 229 Å². The zero-order valence-corrected chi connectivity index (χ0v) is 23.6. The van der Waals surface area contributed by atoms with Gasteiger partial charge in [0.1, 0.15) is 6.04 Å². The standard InChI is InChI=1S/C25H25ClF3N3O5S2/c1-15-11-16(2)13-20(12-15)32(38(4,34)35)17(3)24(33)30-18-5-8-21(9-6-18)39(36,37)31-19-7-10-23(26)22(14-19)25(27,28)29/h5-14,17,31H,1-4H3,(H,30,33)/t17-/m1/s1. The van der Waals surface area contributed by atoms with Crippen LogP contribution in [0.2, 0.25) is 5.02 Å². The number of sulfonamides is 2. The van der Waals surface area contributed by atoms with Crippen LogP contribution >= 0.6 is 11.6 Å². The summed E-state index contributed by atoms with van der Waals surface area (Å²) in [4.78, 5) is 12.7. The maximum absolute atomic E-state index is 13.1. The molecule has 3 aromatic rings. The minimum Gasteiger partial charge on any atom is -0.324 e. The van der Waals surface area contributed by atoms with Crippen LogP contribution in [0.1, 0.15) is 23.6 Å². The largest absolute Gasteiger partial charge is 0.417 e. The van der Waals surface area contributed by atoms with Crippen molar-refractivity contribution in [1.82, 2.24) is 0 Å². The zero-order valence-electron chi connectivity index (χ0n) is 21.2. The Bertz CT molecular complexity index is 1590. The molecule has 0 aliphatic heterocycles. The molecule has 3 rings (SSSR count). The van der Waals surface area contributed by atoms with Gasteiger partial charge in [0.15, 0.2) is 0 Å². The number of nitrogens with zero attached hydrogens (tertiary/aromatic N) is 1. The number of carbonyl (C=O) groups excluding carboxylic acids is 1. The molecule has 210 valence electrons. The van der Waals surface area contributed by atoms with Crippen molar-refractivity contribution in [1.29, 1.82) is 0 Å². The number of benzene rings is 3. The Morgan fingerprint density at radius 3 is 1.95 bits per heavy atom. The number of amides is 1. The van der Waals surface area contributed by atoms with E-state index in [4.69, 9.17) is 11.6 Å². The number of alkyl halides is 3. The second kappa shape index (κ2) is 11.1. The van der Waals surface area contributed by atoms with Gasteiger partial charge in [-0.05, 0) is 86.5 Å². The Morgan fingerprint density at radius 2 is 1.44 bits per heavy atom. The van der Waals surface area contributed by atoms with Crippen molar-refractivity contribution in [2.45, 2.75) is 37.9 Å². The van der Waals surface area contributed by atoms with Crippen LogP contribution in [0.5, 0.6) is 0 Å². The van der Waals surface area contributed by atoms with Gasteiger partial charge in [0.25, 0.3) is 10.0 Å². The van der Waals surface area contributed by atoms with Crippen molar-refractivity contribution in [3.8, 4) is 0 Å². The molecule has 0 spiro atoms. The molecule has 1 amide bonds. The molecule has 0 aliphatic rings. The molecule has 8 nitrogen and oxygen atoms in total. The lowest BCUT2D eigenvalue weighted by molar-refractivity contribution is -0.137. The number of nitrogens with one attached hydrogen (secondary N) is 2. The summed E-state index contributed by atoms with van der Waals surface area (Å²) in [5.74, 6) is -0.672. The van der Waals surface area contributed by atoms with Gasteiger partial charge in [-0.3, -0.25) is 13.8 Å². The highest BCUT2D eigenvalue weighted by Crippen LogP contribution is 2.36. The van der Waals surface area contributed by atoms with Gasteiger partial charge in [-0.25, -0.2) is 16.8 Å². The summed E-state index contributed by atoms with van der Waals surface area (Å²) in [5.41, 5.74) is 0.576. The second-order valence-corrected chi connectivity index (χ2v) is 12.8. The van der Waals surface area contributed by atoms with Crippen molar-refractivity contribution in [3.63, 3.8) is 0 Å². The number of anilines is 3. The van der Waals surface area contributed by atoms with E-state index in [1.165, 1.54) is 19.1 Å². The van der Waals surface area contributed by atoms with Gasteiger partial charge in [-0.2, -0.15) is 13.2 Å². The lowest BCUT2D eigenvalue weighted by Gasteiger charge is -2.28. The molecular formula is C25H25ClF3N3O5S2. The van der Waals surface area contributed by atoms with Crippen LogP contribution in [-0.4, -0.2) is 35.0 Å². The highest BCUT2D eigenvalue weighted by molar-refractivity contribution is 7.92. The van der Waals surface area contributed by atoms with Crippen molar-refractivity contribution in [3.05, 3.63) is 82.4 Å². The molecule has 0 radical (unpaired) electrons. The summed E-state index contributed by atoms with van der Waals surface area (Å²) in [6.45, 7) is 5.01.